The lowest BCUT2D eigenvalue weighted by atomic mass is 10.2. The fraction of sp³-hybridized carbons (Fsp3) is 0.385. The maximum atomic E-state index is 12.0. The van der Waals surface area contributed by atoms with Gasteiger partial charge in [0.15, 0.2) is 9.84 Å². The zero-order valence-electron chi connectivity index (χ0n) is 10.1. The molecule has 0 unspecified atom stereocenters. The van der Waals surface area contributed by atoms with Crippen molar-refractivity contribution < 1.29 is 8.42 Å². The zero-order valence-corrected chi connectivity index (χ0v) is 10.9. The van der Waals surface area contributed by atoms with Gasteiger partial charge in [0.05, 0.1) is 10.6 Å². The lowest BCUT2D eigenvalue weighted by molar-refractivity contribution is 0.592. The average molecular weight is 253 g/mol. The lowest BCUT2D eigenvalue weighted by Gasteiger charge is -2.04. The summed E-state index contributed by atoms with van der Waals surface area (Å²) in [4.78, 5) is 0.394. The molecule has 94 valence electrons. The Morgan fingerprint density at radius 3 is 2.76 bits per heavy atom. The third-order valence-electron chi connectivity index (χ3n) is 2.43. The van der Waals surface area contributed by atoms with Crippen molar-refractivity contribution in [3.63, 3.8) is 0 Å². The van der Waals surface area contributed by atoms with Crippen LogP contribution >= 0.6 is 0 Å². The molecule has 0 heterocycles. The van der Waals surface area contributed by atoms with Crippen molar-refractivity contribution >= 4 is 15.9 Å². The standard InChI is InChI=1S/C13H19NO2S/c1-2-3-10-17(15,16)13-8-4-6-12(11-13)7-5-9-14/h4-8,11H,2-3,9-10,14H2,1H3. The Kier molecular flexibility index (Phi) is 5.38. The van der Waals surface area contributed by atoms with E-state index in [2.05, 4.69) is 0 Å². The van der Waals surface area contributed by atoms with Crippen LogP contribution in [0.1, 0.15) is 25.3 Å². The summed E-state index contributed by atoms with van der Waals surface area (Å²) in [5, 5.41) is 0. The second-order valence-electron chi connectivity index (χ2n) is 3.88. The van der Waals surface area contributed by atoms with Gasteiger partial charge in [-0.05, 0) is 24.1 Å². The second kappa shape index (κ2) is 6.57. The number of unbranched alkanes of at least 4 members (excludes halogenated alkanes) is 1. The predicted molar refractivity (Wildman–Crippen MR) is 71.5 cm³/mol. The number of hydrogen-bond acceptors (Lipinski definition) is 3. The van der Waals surface area contributed by atoms with Gasteiger partial charge in [-0.1, -0.05) is 37.6 Å². The van der Waals surface area contributed by atoms with Crippen LogP contribution in [0.5, 0.6) is 0 Å². The van der Waals surface area contributed by atoms with Gasteiger partial charge >= 0.3 is 0 Å². The van der Waals surface area contributed by atoms with E-state index in [4.69, 9.17) is 5.73 Å². The molecule has 0 aromatic heterocycles. The van der Waals surface area contributed by atoms with Gasteiger partial charge in [-0.25, -0.2) is 8.42 Å². The maximum Gasteiger partial charge on any atom is 0.178 e. The summed E-state index contributed by atoms with van der Waals surface area (Å²) >= 11 is 0. The van der Waals surface area contributed by atoms with E-state index in [-0.39, 0.29) is 5.75 Å². The fourth-order valence-corrected chi connectivity index (χ4v) is 2.97. The Morgan fingerprint density at radius 2 is 2.12 bits per heavy atom. The van der Waals surface area contributed by atoms with Crippen LogP contribution < -0.4 is 5.73 Å². The molecule has 0 bridgehead atoms. The molecule has 3 nitrogen and oxygen atoms in total. The van der Waals surface area contributed by atoms with Gasteiger partial charge in [-0.15, -0.1) is 0 Å². The van der Waals surface area contributed by atoms with E-state index in [0.717, 1.165) is 12.0 Å². The van der Waals surface area contributed by atoms with Crippen LogP contribution in [-0.4, -0.2) is 20.7 Å². The summed E-state index contributed by atoms with van der Waals surface area (Å²) in [5.74, 6) is 0.216. The van der Waals surface area contributed by atoms with E-state index in [1.807, 2.05) is 19.1 Å². The Bertz CT molecular complexity index is 478. The van der Waals surface area contributed by atoms with E-state index in [9.17, 15) is 8.42 Å². The average Bonchev–Trinajstić information content (AvgIpc) is 2.34. The lowest BCUT2D eigenvalue weighted by Crippen LogP contribution is -2.06. The maximum absolute atomic E-state index is 12.0. The number of rotatable bonds is 6. The first-order valence-corrected chi connectivity index (χ1v) is 7.45. The van der Waals surface area contributed by atoms with Gasteiger partial charge in [0.25, 0.3) is 0 Å². The van der Waals surface area contributed by atoms with E-state index >= 15 is 0 Å². The van der Waals surface area contributed by atoms with Crippen LogP contribution in [0.4, 0.5) is 0 Å². The van der Waals surface area contributed by atoms with Gasteiger partial charge in [0.2, 0.25) is 0 Å². The SMILES string of the molecule is CCCCS(=O)(=O)c1cccc(C=CCN)c1. The molecule has 0 saturated heterocycles. The molecule has 17 heavy (non-hydrogen) atoms. The highest BCUT2D eigenvalue weighted by Crippen LogP contribution is 2.15. The molecule has 0 atom stereocenters. The van der Waals surface area contributed by atoms with Gasteiger partial charge in [0.1, 0.15) is 0 Å². The Balaban J connectivity index is 2.94. The summed E-state index contributed by atoms with van der Waals surface area (Å²) in [7, 11) is -3.14. The fourth-order valence-electron chi connectivity index (χ4n) is 1.47. The second-order valence-corrected chi connectivity index (χ2v) is 5.99. The summed E-state index contributed by atoms with van der Waals surface area (Å²) < 4.78 is 23.9. The summed E-state index contributed by atoms with van der Waals surface area (Å²) in [5.41, 5.74) is 6.23. The molecule has 0 spiro atoms. The van der Waals surface area contributed by atoms with Crippen molar-refractivity contribution in [2.24, 2.45) is 5.73 Å². The van der Waals surface area contributed by atoms with Crippen molar-refractivity contribution in [2.45, 2.75) is 24.7 Å². The van der Waals surface area contributed by atoms with Crippen LogP contribution in [0.25, 0.3) is 6.08 Å². The number of sulfone groups is 1. The molecule has 0 amide bonds. The minimum atomic E-state index is -3.14. The zero-order chi connectivity index (χ0) is 12.7. The molecule has 2 N–H and O–H groups in total. The van der Waals surface area contributed by atoms with Crippen LogP contribution in [0.15, 0.2) is 35.2 Å². The summed E-state index contributed by atoms with van der Waals surface area (Å²) in [6.45, 7) is 2.43. The predicted octanol–water partition coefficient (Wildman–Crippen LogP) is 2.23. The largest absolute Gasteiger partial charge is 0.327 e. The third-order valence-corrected chi connectivity index (χ3v) is 4.23. The molecule has 1 aromatic rings. The van der Waals surface area contributed by atoms with Crippen LogP contribution in [0, 0.1) is 0 Å². The van der Waals surface area contributed by atoms with Gasteiger partial charge < -0.3 is 5.73 Å². The Hall–Kier alpha value is -1.13. The first kappa shape index (κ1) is 13.9. The van der Waals surface area contributed by atoms with Gasteiger partial charge in [-0.2, -0.15) is 0 Å². The molecule has 0 aliphatic carbocycles. The monoisotopic (exact) mass is 253 g/mol. The summed E-state index contributed by atoms with van der Waals surface area (Å²) in [6.07, 6.45) is 5.22. The summed E-state index contributed by atoms with van der Waals surface area (Å²) in [6, 6.07) is 6.96. The minimum Gasteiger partial charge on any atom is -0.327 e. The first-order valence-electron chi connectivity index (χ1n) is 5.79. The first-order chi connectivity index (χ1) is 8.10. The van der Waals surface area contributed by atoms with Crippen molar-refractivity contribution in [3.05, 3.63) is 35.9 Å². The Morgan fingerprint density at radius 1 is 1.35 bits per heavy atom. The van der Waals surface area contributed by atoms with Crippen molar-refractivity contribution in [1.82, 2.24) is 0 Å². The van der Waals surface area contributed by atoms with Crippen LogP contribution in [0.3, 0.4) is 0 Å². The van der Waals surface area contributed by atoms with E-state index < -0.39 is 9.84 Å². The molecular weight excluding hydrogens is 234 g/mol. The topological polar surface area (TPSA) is 60.2 Å². The molecule has 0 aliphatic heterocycles. The Labute approximate surface area is 103 Å². The molecule has 0 saturated carbocycles. The van der Waals surface area contributed by atoms with Gasteiger partial charge in [0, 0.05) is 6.54 Å². The number of hydrogen-bond donors (Lipinski definition) is 1. The normalized spacial score (nSPS) is 12.1. The van der Waals surface area contributed by atoms with Crippen molar-refractivity contribution in [3.8, 4) is 0 Å². The number of nitrogens with two attached hydrogens (primary N) is 1. The highest BCUT2D eigenvalue weighted by Gasteiger charge is 2.13. The molecule has 0 fully saturated rings. The minimum absolute atomic E-state index is 0.216. The highest BCUT2D eigenvalue weighted by atomic mass is 32.2. The smallest absolute Gasteiger partial charge is 0.178 e. The molecule has 4 heteroatoms. The van der Waals surface area contributed by atoms with Crippen LogP contribution in [-0.2, 0) is 9.84 Å². The molecular formula is C13H19NO2S. The molecule has 0 aliphatic rings. The van der Waals surface area contributed by atoms with E-state index in [1.165, 1.54) is 0 Å². The van der Waals surface area contributed by atoms with Crippen LogP contribution in [0.2, 0.25) is 0 Å². The van der Waals surface area contributed by atoms with E-state index in [0.29, 0.717) is 17.9 Å². The van der Waals surface area contributed by atoms with Gasteiger partial charge in [-0.3, -0.25) is 0 Å². The molecule has 1 rings (SSSR count). The van der Waals surface area contributed by atoms with E-state index in [1.54, 1.807) is 24.3 Å². The third kappa shape index (κ3) is 4.32. The molecule has 0 radical (unpaired) electrons. The molecule has 1 aromatic carbocycles. The quantitative estimate of drug-likeness (QED) is 0.845. The van der Waals surface area contributed by atoms with Crippen molar-refractivity contribution in [1.29, 1.82) is 0 Å². The number of benzene rings is 1. The highest BCUT2D eigenvalue weighted by molar-refractivity contribution is 7.91. The van der Waals surface area contributed by atoms with Crippen molar-refractivity contribution in [2.75, 3.05) is 12.3 Å².